The fraction of sp³-hybridized carbons (Fsp3) is 0.222. The summed E-state index contributed by atoms with van der Waals surface area (Å²) >= 11 is 1.72. The summed E-state index contributed by atoms with van der Waals surface area (Å²) in [5.41, 5.74) is 1.03. The van der Waals surface area contributed by atoms with E-state index in [1.165, 1.54) is 12.1 Å². The van der Waals surface area contributed by atoms with Crippen molar-refractivity contribution in [3.63, 3.8) is 0 Å². The van der Waals surface area contributed by atoms with Gasteiger partial charge in [-0.25, -0.2) is 4.39 Å². The summed E-state index contributed by atoms with van der Waals surface area (Å²) in [6, 6.07) is 13.7. The number of thioether (sulfide) groups is 1. The molecule has 0 fully saturated rings. The Bertz CT molecular complexity index is 766. The van der Waals surface area contributed by atoms with Crippen LogP contribution in [-0.2, 0) is 9.59 Å². The number of benzene rings is 2. The van der Waals surface area contributed by atoms with E-state index in [9.17, 15) is 14.0 Å². The minimum absolute atomic E-state index is 0.0268. The topological polar surface area (TPSA) is 49.4 Å². The van der Waals surface area contributed by atoms with Crippen molar-refractivity contribution in [1.29, 1.82) is 0 Å². The average molecular weight is 344 g/mol. The molecule has 4 nitrogen and oxygen atoms in total. The van der Waals surface area contributed by atoms with Gasteiger partial charge in [0.15, 0.2) is 0 Å². The number of amides is 2. The molecular formula is C18H17FN2O2S. The second-order valence-corrected chi connectivity index (χ2v) is 6.53. The molecule has 3 rings (SSSR count). The Kier molecular flexibility index (Phi) is 5.15. The molecule has 1 aliphatic heterocycles. The lowest BCUT2D eigenvalue weighted by molar-refractivity contribution is -0.122. The lowest BCUT2D eigenvalue weighted by atomic mass is 10.2. The van der Waals surface area contributed by atoms with Crippen LogP contribution in [0.2, 0.25) is 0 Å². The zero-order valence-corrected chi connectivity index (χ0v) is 13.8. The fourth-order valence-electron chi connectivity index (χ4n) is 2.56. The van der Waals surface area contributed by atoms with E-state index in [0.29, 0.717) is 6.54 Å². The molecule has 2 aromatic carbocycles. The number of nitrogens with zero attached hydrogens (tertiary/aromatic N) is 1. The van der Waals surface area contributed by atoms with E-state index in [4.69, 9.17) is 0 Å². The number of carbonyl (C=O) groups is 2. The van der Waals surface area contributed by atoms with Crippen molar-refractivity contribution in [3.8, 4) is 0 Å². The number of fused-ring (bicyclic) bond motifs is 1. The van der Waals surface area contributed by atoms with Crippen LogP contribution in [0, 0.1) is 5.82 Å². The number of hydrogen-bond donors (Lipinski definition) is 1. The fourth-order valence-corrected chi connectivity index (χ4v) is 3.55. The van der Waals surface area contributed by atoms with E-state index in [-0.39, 0.29) is 30.3 Å². The van der Waals surface area contributed by atoms with E-state index in [2.05, 4.69) is 5.32 Å². The molecule has 0 atom stereocenters. The zero-order valence-electron chi connectivity index (χ0n) is 13.0. The molecule has 1 heterocycles. The summed E-state index contributed by atoms with van der Waals surface area (Å²) in [6.07, 6.45) is 0.123. The maximum absolute atomic E-state index is 13.5. The number of hydrogen-bond acceptors (Lipinski definition) is 3. The van der Waals surface area contributed by atoms with Gasteiger partial charge >= 0.3 is 0 Å². The van der Waals surface area contributed by atoms with Crippen molar-refractivity contribution < 1.29 is 14.0 Å². The minimum atomic E-state index is -0.487. The van der Waals surface area contributed by atoms with Gasteiger partial charge in [0, 0.05) is 30.0 Å². The molecule has 0 aliphatic carbocycles. The van der Waals surface area contributed by atoms with E-state index in [1.807, 2.05) is 24.3 Å². The number of carbonyl (C=O) groups excluding carboxylic acids is 2. The Labute approximate surface area is 144 Å². The summed E-state index contributed by atoms with van der Waals surface area (Å²) in [4.78, 5) is 27.2. The molecule has 2 amide bonds. The van der Waals surface area contributed by atoms with Gasteiger partial charge in [0.05, 0.1) is 11.4 Å². The first kappa shape index (κ1) is 16.5. The summed E-state index contributed by atoms with van der Waals surface area (Å²) in [5.74, 6) is -0.108. The Hall–Kier alpha value is -2.34. The molecule has 0 radical (unpaired) electrons. The third kappa shape index (κ3) is 3.76. The van der Waals surface area contributed by atoms with Gasteiger partial charge < -0.3 is 10.2 Å². The minimum Gasteiger partial charge on any atom is -0.324 e. The molecule has 0 bridgehead atoms. The molecule has 1 aliphatic rings. The monoisotopic (exact) mass is 344 g/mol. The lowest BCUT2D eigenvalue weighted by Crippen LogP contribution is -2.35. The Morgan fingerprint density at radius 1 is 1.08 bits per heavy atom. The highest BCUT2D eigenvalue weighted by atomic mass is 32.2. The molecule has 1 N–H and O–H groups in total. The Morgan fingerprint density at radius 3 is 2.67 bits per heavy atom. The summed E-state index contributed by atoms with van der Waals surface area (Å²) in [5, 5.41) is 2.50. The van der Waals surface area contributed by atoms with E-state index >= 15 is 0 Å². The van der Waals surface area contributed by atoms with Gasteiger partial charge in [0.2, 0.25) is 11.8 Å². The maximum atomic E-state index is 13.5. The van der Waals surface area contributed by atoms with Crippen LogP contribution in [0.25, 0.3) is 0 Å². The largest absolute Gasteiger partial charge is 0.324 e. The van der Waals surface area contributed by atoms with Crippen LogP contribution in [0.15, 0.2) is 53.4 Å². The second kappa shape index (κ2) is 7.49. The van der Waals surface area contributed by atoms with Crippen LogP contribution in [0.5, 0.6) is 0 Å². The molecule has 0 aromatic heterocycles. The predicted octanol–water partition coefficient (Wildman–Crippen LogP) is 3.68. The number of halogens is 1. The number of para-hydroxylation sites is 2. The Balaban J connectivity index is 1.58. The molecule has 0 saturated heterocycles. The summed E-state index contributed by atoms with van der Waals surface area (Å²) in [6.45, 7) is 0.634. The highest BCUT2D eigenvalue weighted by molar-refractivity contribution is 7.99. The normalized spacial score (nSPS) is 13.3. The predicted molar refractivity (Wildman–Crippen MR) is 93.8 cm³/mol. The third-order valence-electron chi connectivity index (χ3n) is 3.74. The van der Waals surface area contributed by atoms with Crippen LogP contribution in [0.4, 0.5) is 15.8 Å². The molecule has 0 saturated carbocycles. The average Bonchev–Trinajstić information content (AvgIpc) is 2.61. The van der Waals surface area contributed by atoms with E-state index in [0.717, 1.165) is 16.3 Å². The van der Waals surface area contributed by atoms with Crippen molar-refractivity contribution in [2.24, 2.45) is 0 Å². The number of nitrogens with one attached hydrogen (secondary N) is 1. The van der Waals surface area contributed by atoms with Gasteiger partial charge in [-0.2, -0.15) is 0 Å². The summed E-state index contributed by atoms with van der Waals surface area (Å²) in [7, 11) is 0. The number of anilines is 2. The SMILES string of the molecule is O=C(CCC(=O)N1CCSc2ccccc21)Nc1ccccc1F. The quantitative estimate of drug-likeness (QED) is 0.920. The molecule has 6 heteroatoms. The molecule has 0 spiro atoms. The van der Waals surface area contributed by atoms with Crippen LogP contribution in [0.1, 0.15) is 12.8 Å². The first-order valence-corrected chi connectivity index (χ1v) is 8.70. The molecule has 124 valence electrons. The van der Waals surface area contributed by atoms with Crippen molar-refractivity contribution in [2.45, 2.75) is 17.7 Å². The lowest BCUT2D eigenvalue weighted by Gasteiger charge is -2.29. The molecular weight excluding hydrogens is 327 g/mol. The van der Waals surface area contributed by atoms with Crippen LogP contribution < -0.4 is 10.2 Å². The van der Waals surface area contributed by atoms with Crippen LogP contribution in [0.3, 0.4) is 0 Å². The standard InChI is InChI=1S/C18H17FN2O2S/c19-13-5-1-2-6-14(13)20-17(22)9-10-18(23)21-11-12-24-16-8-4-3-7-15(16)21/h1-8H,9-12H2,(H,20,22). The van der Waals surface area contributed by atoms with Gasteiger partial charge in [0.1, 0.15) is 5.82 Å². The van der Waals surface area contributed by atoms with Crippen LogP contribution in [-0.4, -0.2) is 24.1 Å². The van der Waals surface area contributed by atoms with Gasteiger partial charge in [-0.1, -0.05) is 24.3 Å². The Morgan fingerprint density at radius 2 is 1.83 bits per heavy atom. The smallest absolute Gasteiger partial charge is 0.227 e. The van der Waals surface area contributed by atoms with Crippen molar-refractivity contribution in [2.75, 3.05) is 22.5 Å². The van der Waals surface area contributed by atoms with E-state index in [1.54, 1.807) is 28.8 Å². The highest BCUT2D eigenvalue weighted by Crippen LogP contribution is 2.34. The summed E-state index contributed by atoms with van der Waals surface area (Å²) < 4.78 is 13.5. The van der Waals surface area contributed by atoms with E-state index < -0.39 is 5.82 Å². The van der Waals surface area contributed by atoms with Gasteiger partial charge in [-0.15, -0.1) is 11.8 Å². The zero-order chi connectivity index (χ0) is 16.9. The first-order valence-electron chi connectivity index (χ1n) is 7.72. The van der Waals surface area contributed by atoms with Gasteiger partial charge in [-0.3, -0.25) is 9.59 Å². The van der Waals surface area contributed by atoms with Crippen molar-refractivity contribution in [1.82, 2.24) is 0 Å². The molecule has 0 unspecified atom stereocenters. The second-order valence-electron chi connectivity index (χ2n) is 5.39. The van der Waals surface area contributed by atoms with Crippen molar-refractivity contribution >= 4 is 35.0 Å². The van der Waals surface area contributed by atoms with Crippen LogP contribution >= 0.6 is 11.8 Å². The molecule has 2 aromatic rings. The van der Waals surface area contributed by atoms with Crippen molar-refractivity contribution in [3.05, 3.63) is 54.3 Å². The van der Waals surface area contributed by atoms with Gasteiger partial charge in [0.25, 0.3) is 0 Å². The highest BCUT2D eigenvalue weighted by Gasteiger charge is 2.22. The number of rotatable bonds is 4. The maximum Gasteiger partial charge on any atom is 0.227 e. The molecule has 24 heavy (non-hydrogen) atoms. The third-order valence-corrected chi connectivity index (χ3v) is 4.79. The first-order chi connectivity index (χ1) is 11.6. The van der Waals surface area contributed by atoms with Gasteiger partial charge in [-0.05, 0) is 24.3 Å².